The van der Waals surface area contributed by atoms with E-state index in [0.717, 1.165) is 135 Å². The van der Waals surface area contributed by atoms with E-state index in [4.69, 9.17) is 33.8 Å². The Labute approximate surface area is 381 Å². The standard InChI is InChI=1S/C54H56N8O2Si/c1-2-10-38-37(9-1)45-55-46(38)58-50-43-15-7-8-16-44(43)52-60-48-40-12-4-3-11-39(40)47(56-48)59-51-42-14-6-5-13-41(42)49(57-45)61(51)65(62(50)52,63-29-53-23-31-17-32(24-53)19-33(18-31)25-53)64-30-54-26-34-20-35(27-54)22-36(21-34)28-54/h1,4-9,12-16,31-36,50H,2-3,10-11,17-30H2,(H,55,57,58)/b59-47-,60-52-. The third-order valence-electron chi connectivity index (χ3n) is 18.6. The van der Waals surface area contributed by atoms with E-state index in [1.165, 1.54) is 88.2 Å². The van der Waals surface area contributed by atoms with E-state index in [1.807, 2.05) is 0 Å². The third kappa shape index (κ3) is 5.26. The van der Waals surface area contributed by atoms with E-state index in [9.17, 15) is 0 Å². The average Bonchev–Trinajstić information content (AvgIpc) is 4.02. The molecular formula is C54H56N8O2Si. The molecular weight excluding hydrogens is 821 g/mol. The van der Waals surface area contributed by atoms with Crippen LogP contribution < -0.4 is 5.32 Å². The summed E-state index contributed by atoms with van der Waals surface area (Å²) in [4.78, 5) is 28.3. The third-order valence-corrected chi connectivity index (χ3v) is 21.7. The van der Waals surface area contributed by atoms with Gasteiger partial charge in [-0.15, -0.1) is 0 Å². The quantitative estimate of drug-likeness (QED) is 0.249. The highest BCUT2D eigenvalue weighted by Crippen LogP contribution is 2.63. The summed E-state index contributed by atoms with van der Waals surface area (Å²) in [5.74, 6) is 10.4. The van der Waals surface area contributed by atoms with Crippen LogP contribution in [0.1, 0.15) is 120 Å². The number of allylic oxidation sites excluding steroid dienone is 2. The van der Waals surface area contributed by atoms with Gasteiger partial charge in [-0.05, 0) is 149 Å². The maximum absolute atomic E-state index is 8.43. The van der Waals surface area contributed by atoms with Crippen molar-refractivity contribution in [3.63, 3.8) is 0 Å². The lowest BCUT2D eigenvalue weighted by Gasteiger charge is -2.58. The predicted octanol–water partition coefficient (Wildman–Crippen LogP) is 10.9. The van der Waals surface area contributed by atoms with E-state index < -0.39 is 8.88 Å². The lowest BCUT2D eigenvalue weighted by Crippen LogP contribution is -2.69. The molecule has 6 heterocycles. The van der Waals surface area contributed by atoms with Gasteiger partial charge in [0.05, 0.1) is 0 Å². The number of benzene rings is 2. The zero-order valence-electron chi connectivity index (χ0n) is 37.1. The number of nitrogens with zero attached hydrogens (tertiary/aromatic N) is 7. The zero-order chi connectivity index (χ0) is 42.2. The van der Waals surface area contributed by atoms with Gasteiger partial charge in [0.1, 0.15) is 29.5 Å². The number of aromatic nitrogens is 1. The molecule has 65 heavy (non-hydrogen) atoms. The highest BCUT2D eigenvalue weighted by molar-refractivity contribution is 6.68. The van der Waals surface area contributed by atoms with Gasteiger partial charge >= 0.3 is 8.88 Å². The van der Waals surface area contributed by atoms with Gasteiger partial charge in [0.25, 0.3) is 0 Å². The fourth-order valence-electron chi connectivity index (χ4n) is 16.9. The number of amidine groups is 5. The van der Waals surface area contributed by atoms with Crippen LogP contribution in [0.3, 0.4) is 0 Å². The average molecular weight is 877 g/mol. The number of aliphatic imine (C=N–C) groups is 5. The SMILES string of the molecule is C1=CC2=C(CC1)C1=N/C2=N\c2c3ccccc3c3n2[Si](OCC24CC5CC(CC(C5)C2)C4)(OCC24CC5CC(CC(C5)C2)C4)N2/C(=N\C4=NC(=N\3)/C3=C4C=CCC3)c3ccccc3C2N1. The lowest BCUT2D eigenvalue weighted by atomic mass is 9.50. The first-order valence-corrected chi connectivity index (χ1v) is 27.0. The van der Waals surface area contributed by atoms with Crippen LogP contribution in [0.2, 0.25) is 0 Å². The van der Waals surface area contributed by atoms with Crippen molar-refractivity contribution in [1.82, 2.24) is 14.1 Å². The summed E-state index contributed by atoms with van der Waals surface area (Å²) in [6.45, 7) is 1.32. The summed E-state index contributed by atoms with van der Waals surface area (Å²) in [5, 5.41) is 6.25. The zero-order valence-corrected chi connectivity index (χ0v) is 38.1. The molecule has 8 saturated carbocycles. The molecule has 15 aliphatic rings. The van der Waals surface area contributed by atoms with Crippen LogP contribution in [0.25, 0.3) is 10.8 Å². The van der Waals surface area contributed by atoms with E-state index in [2.05, 4.69) is 86.9 Å². The molecule has 1 N–H and O–H groups in total. The molecule has 10 nitrogen and oxygen atoms in total. The highest BCUT2D eigenvalue weighted by Gasteiger charge is 2.64. The Morgan fingerprint density at radius 1 is 0.585 bits per heavy atom. The van der Waals surface area contributed by atoms with Gasteiger partial charge in [-0.25, -0.2) is 25.0 Å². The Morgan fingerprint density at radius 2 is 1.11 bits per heavy atom. The largest absolute Gasteiger partial charge is 0.599 e. The Kier molecular flexibility index (Phi) is 7.51. The van der Waals surface area contributed by atoms with Crippen molar-refractivity contribution < 1.29 is 8.85 Å². The number of nitrogens with one attached hydrogen (secondary N) is 1. The summed E-state index contributed by atoms with van der Waals surface area (Å²) in [7, 11) is -4.09. The second kappa shape index (κ2) is 13.1. The van der Waals surface area contributed by atoms with Gasteiger partial charge in [-0.3, -0.25) is 8.80 Å². The molecule has 0 radical (unpaired) electrons. The minimum Gasteiger partial charge on any atom is -0.361 e. The first kappa shape index (κ1) is 37.2. The van der Waals surface area contributed by atoms with Gasteiger partial charge in [-0.2, -0.15) is 0 Å². The fraction of sp³-hybridized carbons (Fsp3) is 0.500. The topological polar surface area (TPSA) is 100 Å². The fourth-order valence-corrected chi connectivity index (χ4v) is 20.6. The molecule has 18 rings (SSSR count). The summed E-state index contributed by atoms with van der Waals surface area (Å²) in [6.07, 6.45) is 28.2. The number of rotatable bonds is 6. The Bertz CT molecular complexity index is 2860. The molecule has 0 spiro atoms. The van der Waals surface area contributed by atoms with Crippen molar-refractivity contribution in [2.45, 2.75) is 109 Å². The van der Waals surface area contributed by atoms with E-state index in [0.29, 0.717) is 13.2 Å². The van der Waals surface area contributed by atoms with Crippen LogP contribution in [0.4, 0.5) is 11.6 Å². The maximum atomic E-state index is 8.43. The molecule has 1 unspecified atom stereocenters. The Morgan fingerprint density at radius 3 is 1.72 bits per heavy atom. The minimum absolute atomic E-state index is 0.117. The minimum atomic E-state index is -4.09. The molecule has 11 heteroatoms. The summed E-state index contributed by atoms with van der Waals surface area (Å²) in [5.41, 5.74) is 7.06. The smallest absolute Gasteiger partial charge is 0.361 e. The molecule has 8 fully saturated rings. The van der Waals surface area contributed by atoms with Gasteiger partial charge in [0, 0.05) is 57.4 Å². The number of fused-ring (bicyclic) bond motifs is 12. The van der Waals surface area contributed by atoms with Crippen molar-refractivity contribution in [3.05, 3.63) is 106 Å². The van der Waals surface area contributed by atoms with Crippen molar-refractivity contribution >= 4 is 60.5 Å². The van der Waals surface area contributed by atoms with Crippen molar-refractivity contribution in [1.29, 1.82) is 0 Å². The molecule has 2 aromatic carbocycles. The second-order valence-corrected chi connectivity index (χ2v) is 25.5. The van der Waals surface area contributed by atoms with Crippen LogP contribution in [-0.4, -0.2) is 60.1 Å². The van der Waals surface area contributed by atoms with Gasteiger partial charge in [0.15, 0.2) is 17.5 Å². The van der Waals surface area contributed by atoms with Crippen molar-refractivity contribution in [2.75, 3.05) is 13.2 Å². The Hall–Kier alpha value is -4.97. The van der Waals surface area contributed by atoms with Crippen LogP contribution in [0.5, 0.6) is 0 Å². The highest BCUT2D eigenvalue weighted by atomic mass is 28.4. The van der Waals surface area contributed by atoms with Gasteiger partial charge in [-0.1, -0.05) is 72.8 Å². The molecule has 328 valence electrons. The normalized spacial score (nSPS) is 40.5. The van der Waals surface area contributed by atoms with E-state index >= 15 is 0 Å². The van der Waals surface area contributed by atoms with Crippen LogP contribution >= 0.6 is 0 Å². The summed E-state index contributed by atoms with van der Waals surface area (Å²) < 4.78 is 21.8. The number of hydrogen-bond donors (Lipinski definition) is 1. The summed E-state index contributed by atoms with van der Waals surface area (Å²) >= 11 is 0. The molecule has 3 aromatic rings. The van der Waals surface area contributed by atoms with Crippen molar-refractivity contribution in [2.24, 2.45) is 71.3 Å². The van der Waals surface area contributed by atoms with Crippen LogP contribution in [0, 0.1) is 46.3 Å². The van der Waals surface area contributed by atoms with Crippen molar-refractivity contribution in [3.8, 4) is 0 Å². The summed E-state index contributed by atoms with van der Waals surface area (Å²) in [6, 6.07) is 17.7. The monoisotopic (exact) mass is 876 g/mol. The van der Waals surface area contributed by atoms with Crippen LogP contribution in [-0.2, 0) is 8.85 Å². The molecule has 10 aliphatic carbocycles. The van der Waals surface area contributed by atoms with Crippen LogP contribution in [0.15, 0.2) is 120 Å². The van der Waals surface area contributed by atoms with Gasteiger partial charge in [0.2, 0.25) is 0 Å². The molecule has 14 bridgehead atoms. The number of hydrogen-bond acceptors (Lipinski definition) is 9. The molecule has 0 amide bonds. The first-order valence-electron chi connectivity index (χ1n) is 25.3. The first-order chi connectivity index (χ1) is 32.0. The molecule has 0 saturated heterocycles. The molecule has 1 aromatic heterocycles. The lowest BCUT2D eigenvalue weighted by molar-refractivity contribution is -0.1000. The molecule has 5 aliphatic heterocycles. The van der Waals surface area contributed by atoms with Gasteiger partial charge < -0.3 is 14.2 Å². The van der Waals surface area contributed by atoms with E-state index in [1.54, 1.807) is 0 Å². The Balaban J connectivity index is 1.01. The molecule has 1 atom stereocenters. The maximum Gasteiger partial charge on any atom is 0.599 e. The van der Waals surface area contributed by atoms with E-state index in [-0.39, 0.29) is 17.0 Å². The second-order valence-electron chi connectivity index (χ2n) is 22.9. The predicted molar refractivity (Wildman–Crippen MR) is 257 cm³/mol.